The molecule has 1 N–H and O–H groups in total. The Labute approximate surface area is 165 Å². The molecule has 1 atom stereocenters. The number of hydrogen-bond donors (Lipinski definition) is 1. The molecular weight excluding hydrogens is 374 g/mol. The van der Waals surface area contributed by atoms with Gasteiger partial charge < -0.3 is 14.4 Å². The second-order valence-corrected chi connectivity index (χ2v) is 7.82. The first-order chi connectivity index (χ1) is 13.8. The number of para-hydroxylation sites is 2. The predicted molar refractivity (Wildman–Crippen MR) is 106 cm³/mol. The van der Waals surface area contributed by atoms with E-state index in [0.29, 0.717) is 24.6 Å². The molecule has 8 heteroatoms. The van der Waals surface area contributed by atoms with E-state index in [1.165, 1.54) is 0 Å². The van der Waals surface area contributed by atoms with Crippen LogP contribution in [-0.4, -0.2) is 37.5 Å². The lowest BCUT2D eigenvalue weighted by Crippen LogP contribution is -2.31. The second kappa shape index (κ2) is 7.20. The molecule has 1 aliphatic heterocycles. The molecule has 1 amide bonds. The quantitative estimate of drug-likeness (QED) is 0.554. The number of amides is 1. The minimum atomic E-state index is 0.00395. The fraction of sp³-hybridized carbons (Fsp3) is 0.300. The number of rotatable bonds is 5. The van der Waals surface area contributed by atoms with Crippen LogP contribution in [0, 0.1) is 0 Å². The predicted octanol–water partition coefficient (Wildman–Crippen LogP) is 3.97. The first-order valence-electron chi connectivity index (χ1n) is 9.38. The van der Waals surface area contributed by atoms with Gasteiger partial charge in [0.1, 0.15) is 5.82 Å². The van der Waals surface area contributed by atoms with Gasteiger partial charge in [0.05, 0.1) is 22.0 Å². The number of likely N-dealkylation sites (tertiary alicyclic amines) is 1. The van der Waals surface area contributed by atoms with Crippen molar-refractivity contribution in [3.8, 4) is 10.7 Å². The molecule has 1 aliphatic rings. The number of aromatic nitrogens is 4. The van der Waals surface area contributed by atoms with Crippen LogP contribution in [0.3, 0.4) is 0 Å². The molecule has 0 radical (unpaired) electrons. The smallest absolute Gasteiger partial charge is 0.227 e. The van der Waals surface area contributed by atoms with E-state index < -0.39 is 0 Å². The molecule has 1 fully saturated rings. The molecule has 5 rings (SSSR count). The Hall–Kier alpha value is -3.00. The Morgan fingerprint density at radius 1 is 1.25 bits per heavy atom. The van der Waals surface area contributed by atoms with Crippen LogP contribution >= 0.6 is 11.3 Å². The van der Waals surface area contributed by atoms with Crippen molar-refractivity contribution in [3.05, 3.63) is 53.5 Å². The van der Waals surface area contributed by atoms with Gasteiger partial charge in [0.25, 0.3) is 0 Å². The third-order valence-electron chi connectivity index (χ3n) is 5.06. The summed E-state index contributed by atoms with van der Waals surface area (Å²) >= 11 is 1.56. The molecule has 3 aromatic heterocycles. The molecule has 28 heavy (non-hydrogen) atoms. The topological polar surface area (TPSA) is 87.9 Å². The van der Waals surface area contributed by atoms with Crippen LogP contribution in [0.5, 0.6) is 0 Å². The van der Waals surface area contributed by atoms with Gasteiger partial charge in [-0.05, 0) is 36.4 Å². The van der Waals surface area contributed by atoms with Crippen LogP contribution in [-0.2, 0) is 11.2 Å². The minimum Gasteiger partial charge on any atom is -0.340 e. The van der Waals surface area contributed by atoms with Crippen LogP contribution in [0.25, 0.3) is 21.7 Å². The summed E-state index contributed by atoms with van der Waals surface area (Å²) in [6.07, 6.45) is 2.70. The zero-order valence-corrected chi connectivity index (χ0v) is 16.0. The molecule has 4 heterocycles. The summed E-state index contributed by atoms with van der Waals surface area (Å²) in [6, 6.07) is 11.8. The van der Waals surface area contributed by atoms with E-state index in [0.717, 1.165) is 41.1 Å². The number of thiophene rings is 1. The van der Waals surface area contributed by atoms with Crippen molar-refractivity contribution in [3.63, 3.8) is 0 Å². The van der Waals surface area contributed by atoms with Gasteiger partial charge in [-0.25, -0.2) is 4.98 Å². The minimum absolute atomic E-state index is 0.00395. The summed E-state index contributed by atoms with van der Waals surface area (Å²) in [5.74, 6) is 2.04. The molecule has 1 aromatic carbocycles. The first-order valence-corrected chi connectivity index (χ1v) is 10.3. The van der Waals surface area contributed by atoms with Gasteiger partial charge in [0.2, 0.25) is 17.6 Å². The van der Waals surface area contributed by atoms with E-state index >= 15 is 0 Å². The summed E-state index contributed by atoms with van der Waals surface area (Å²) in [4.78, 5) is 28.2. The lowest BCUT2D eigenvalue weighted by atomic mass is 10.2. The number of hydrogen-bond acceptors (Lipinski definition) is 6. The monoisotopic (exact) mass is 393 g/mol. The third kappa shape index (κ3) is 3.20. The maximum absolute atomic E-state index is 12.8. The first kappa shape index (κ1) is 17.1. The zero-order chi connectivity index (χ0) is 18.9. The van der Waals surface area contributed by atoms with Crippen LogP contribution in [0.2, 0.25) is 0 Å². The van der Waals surface area contributed by atoms with Crippen molar-refractivity contribution in [2.45, 2.75) is 31.7 Å². The highest BCUT2D eigenvalue weighted by atomic mass is 32.1. The Morgan fingerprint density at radius 3 is 3.04 bits per heavy atom. The molecule has 1 saturated heterocycles. The lowest BCUT2D eigenvalue weighted by molar-refractivity contribution is -0.132. The normalized spacial score (nSPS) is 16.9. The van der Waals surface area contributed by atoms with Gasteiger partial charge >= 0.3 is 0 Å². The van der Waals surface area contributed by atoms with Crippen LogP contribution < -0.4 is 0 Å². The SMILES string of the molecule is O=C(CCc1nc(-c2cccs2)no1)N1CCC[C@H]1c1nc2ccccc2[nH]1. The fourth-order valence-electron chi connectivity index (χ4n) is 3.70. The number of aromatic amines is 1. The number of H-pyrrole nitrogens is 1. The van der Waals surface area contributed by atoms with E-state index in [9.17, 15) is 4.79 Å². The maximum Gasteiger partial charge on any atom is 0.227 e. The number of carbonyl (C=O) groups excluding carboxylic acids is 1. The molecule has 0 saturated carbocycles. The molecule has 0 bridgehead atoms. The zero-order valence-electron chi connectivity index (χ0n) is 15.2. The summed E-state index contributed by atoms with van der Waals surface area (Å²) in [5, 5.41) is 5.98. The number of nitrogens with zero attached hydrogens (tertiary/aromatic N) is 4. The Morgan fingerprint density at radius 2 is 2.18 bits per heavy atom. The van der Waals surface area contributed by atoms with Crippen LogP contribution in [0.1, 0.15) is 37.0 Å². The van der Waals surface area contributed by atoms with Crippen molar-refractivity contribution in [1.82, 2.24) is 25.0 Å². The number of nitrogens with one attached hydrogen (secondary N) is 1. The Balaban J connectivity index is 1.27. The highest BCUT2D eigenvalue weighted by molar-refractivity contribution is 7.13. The van der Waals surface area contributed by atoms with E-state index in [4.69, 9.17) is 4.52 Å². The van der Waals surface area contributed by atoms with Crippen molar-refractivity contribution < 1.29 is 9.32 Å². The second-order valence-electron chi connectivity index (χ2n) is 6.87. The number of fused-ring (bicyclic) bond motifs is 1. The summed E-state index contributed by atoms with van der Waals surface area (Å²) < 4.78 is 5.31. The maximum atomic E-state index is 12.8. The number of aryl methyl sites for hydroxylation is 1. The van der Waals surface area contributed by atoms with Gasteiger partial charge in [-0.15, -0.1) is 11.3 Å². The van der Waals surface area contributed by atoms with Gasteiger partial charge in [0.15, 0.2) is 0 Å². The number of imidazole rings is 1. The van der Waals surface area contributed by atoms with Crippen LogP contribution in [0.15, 0.2) is 46.3 Å². The summed E-state index contributed by atoms with van der Waals surface area (Å²) in [5.41, 5.74) is 1.94. The average Bonchev–Trinajstić information content (AvgIpc) is 3.50. The molecule has 0 aliphatic carbocycles. The number of benzene rings is 1. The molecule has 7 nitrogen and oxygen atoms in total. The Bertz CT molecular complexity index is 1070. The highest BCUT2D eigenvalue weighted by Crippen LogP contribution is 2.32. The molecule has 0 spiro atoms. The van der Waals surface area contributed by atoms with E-state index in [-0.39, 0.29) is 11.9 Å². The van der Waals surface area contributed by atoms with E-state index in [1.807, 2.05) is 46.7 Å². The van der Waals surface area contributed by atoms with Gasteiger partial charge in [-0.3, -0.25) is 4.79 Å². The molecular formula is C20H19N5O2S. The summed E-state index contributed by atoms with van der Waals surface area (Å²) in [7, 11) is 0. The standard InChI is InChI=1S/C20H19N5O2S/c26-18(10-9-17-23-20(24-27-17)16-8-4-12-28-16)25-11-3-7-15(25)19-21-13-5-1-2-6-14(13)22-19/h1-2,4-6,8,12,15H,3,7,9-11H2,(H,21,22)/t15-/m0/s1. The summed E-state index contributed by atoms with van der Waals surface area (Å²) in [6.45, 7) is 0.755. The fourth-order valence-corrected chi connectivity index (χ4v) is 4.35. The molecule has 0 unspecified atom stereocenters. The van der Waals surface area contributed by atoms with Crippen molar-refractivity contribution in [1.29, 1.82) is 0 Å². The Kier molecular flexibility index (Phi) is 4.40. The largest absolute Gasteiger partial charge is 0.340 e. The van der Waals surface area contributed by atoms with Gasteiger partial charge in [0, 0.05) is 19.4 Å². The third-order valence-corrected chi connectivity index (χ3v) is 5.92. The van der Waals surface area contributed by atoms with Crippen molar-refractivity contribution >= 4 is 28.3 Å². The van der Waals surface area contributed by atoms with Gasteiger partial charge in [-0.1, -0.05) is 23.4 Å². The van der Waals surface area contributed by atoms with Gasteiger partial charge in [-0.2, -0.15) is 4.98 Å². The lowest BCUT2D eigenvalue weighted by Gasteiger charge is -2.23. The van der Waals surface area contributed by atoms with Crippen LogP contribution in [0.4, 0.5) is 0 Å². The number of carbonyl (C=O) groups is 1. The van der Waals surface area contributed by atoms with Crippen molar-refractivity contribution in [2.24, 2.45) is 0 Å². The van der Waals surface area contributed by atoms with E-state index in [1.54, 1.807) is 11.3 Å². The van der Waals surface area contributed by atoms with Crippen molar-refractivity contribution in [2.75, 3.05) is 6.54 Å². The highest BCUT2D eigenvalue weighted by Gasteiger charge is 2.32. The van der Waals surface area contributed by atoms with E-state index in [2.05, 4.69) is 20.1 Å². The molecule has 142 valence electrons. The molecule has 4 aromatic rings. The average molecular weight is 393 g/mol.